The third kappa shape index (κ3) is 1.61. The number of nitriles is 1. The number of hydrogen-bond donors (Lipinski definition) is 1. The van der Waals surface area contributed by atoms with Crippen molar-refractivity contribution in [2.24, 2.45) is 5.41 Å². The Morgan fingerprint density at radius 1 is 1.47 bits per heavy atom. The summed E-state index contributed by atoms with van der Waals surface area (Å²) in [5, 5.41) is 10.1. The van der Waals surface area contributed by atoms with Crippen LogP contribution in [0.2, 0.25) is 0 Å². The van der Waals surface area contributed by atoms with Crippen molar-refractivity contribution < 1.29 is 9.53 Å². The molecule has 1 saturated heterocycles. The largest absolute Gasteiger partial charge is 0.377 e. The van der Waals surface area contributed by atoms with E-state index in [1.807, 2.05) is 24.3 Å². The summed E-state index contributed by atoms with van der Waals surface area (Å²) in [6.07, 6.45) is 1.78. The lowest BCUT2D eigenvalue weighted by molar-refractivity contribution is -0.146. The molecule has 2 heterocycles. The molecule has 1 fully saturated rings. The summed E-state index contributed by atoms with van der Waals surface area (Å²) < 4.78 is 5.03. The molecule has 5 heteroatoms. The summed E-state index contributed by atoms with van der Waals surface area (Å²) in [6.45, 7) is 0.351. The number of fused-ring (bicyclic) bond motifs is 1. The van der Waals surface area contributed by atoms with Crippen LogP contribution >= 0.6 is 0 Å². The Morgan fingerprint density at radius 2 is 2.21 bits per heavy atom. The minimum absolute atomic E-state index is 0.176. The fourth-order valence-corrected chi connectivity index (χ4v) is 2.31. The van der Waals surface area contributed by atoms with Crippen LogP contribution in [0.4, 0.5) is 5.69 Å². The second kappa shape index (κ2) is 4.11. The lowest BCUT2D eigenvalue weighted by Crippen LogP contribution is -2.53. The van der Waals surface area contributed by atoms with Crippen molar-refractivity contribution in [3.8, 4) is 6.07 Å². The van der Waals surface area contributed by atoms with E-state index in [2.05, 4.69) is 11.1 Å². The summed E-state index contributed by atoms with van der Waals surface area (Å²) in [7, 11) is 1.69. The average molecular weight is 255 g/mol. The SMILES string of the molecule is CN(C(=O)C1(C#N)COC1)c1c[nH]c2ccccc12. The normalized spacial score (nSPS) is 16.6. The molecule has 1 amide bonds. The third-order valence-corrected chi connectivity index (χ3v) is 3.55. The number of nitrogens with zero attached hydrogens (tertiary/aromatic N) is 2. The number of aromatic amines is 1. The fourth-order valence-electron chi connectivity index (χ4n) is 2.31. The third-order valence-electron chi connectivity index (χ3n) is 3.55. The van der Waals surface area contributed by atoms with Gasteiger partial charge in [-0.15, -0.1) is 0 Å². The van der Waals surface area contributed by atoms with E-state index < -0.39 is 5.41 Å². The molecule has 0 radical (unpaired) electrons. The van der Waals surface area contributed by atoms with Gasteiger partial charge in [0.15, 0.2) is 5.41 Å². The number of H-pyrrole nitrogens is 1. The van der Waals surface area contributed by atoms with Gasteiger partial charge < -0.3 is 14.6 Å². The number of rotatable bonds is 2. The van der Waals surface area contributed by atoms with Gasteiger partial charge in [-0.25, -0.2) is 0 Å². The van der Waals surface area contributed by atoms with Gasteiger partial charge in [0.05, 0.1) is 25.0 Å². The smallest absolute Gasteiger partial charge is 0.252 e. The van der Waals surface area contributed by atoms with Gasteiger partial charge in [-0.1, -0.05) is 18.2 Å². The maximum Gasteiger partial charge on any atom is 0.252 e. The second-order valence-corrected chi connectivity index (χ2v) is 4.77. The molecule has 0 saturated carbocycles. The van der Waals surface area contributed by atoms with Crippen molar-refractivity contribution in [3.05, 3.63) is 30.5 Å². The molecule has 5 nitrogen and oxygen atoms in total. The van der Waals surface area contributed by atoms with E-state index in [1.165, 1.54) is 4.90 Å². The molecule has 3 rings (SSSR count). The van der Waals surface area contributed by atoms with Crippen molar-refractivity contribution in [2.75, 3.05) is 25.2 Å². The summed E-state index contributed by atoms with van der Waals surface area (Å²) in [4.78, 5) is 17.1. The number of para-hydroxylation sites is 1. The number of nitrogens with one attached hydrogen (secondary N) is 1. The van der Waals surface area contributed by atoms with E-state index in [0.29, 0.717) is 0 Å². The van der Waals surface area contributed by atoms with Crippen molar-refractivity contribution in [3.63, 3.8) is 0 Å². The highest BCUT2D eigenvalue weighted by Crippen LogP contribution is 2.33. The minimum Gasteiger partial charge on any atom is -0.377 e. The van der Waals surface area contributed by atoms with E-state index in [1.54, 1.807) is 13.2 Å². The highest BCUT2D eigenvalue weighted by atomic mass is 16.5. The zero-order valence-corrected chi connectivity index (χ0v) is 10.5. The van der Waals surface area contributed by atoms with Gasteiger partial charge in [-0.2, -0.15) is 5.26 Å². The zero-order chi connectivity index (χ0) is 13.5. The maximum absolute atomic E-state index is 12.4. The molecular formula is C14H13N3O2. The van der Waals surface area contributed by atoms with Gasteiger partial charge in [0.1, 0.15) is 0 Å². The second-order valence-electron chi connectivity index (χ2n) is 4.77. The molecule has 96 valence electrons. The van der Waals surface area contributed by atoms with Crippen LogP contribution in [0.3, 0.4) is 0 Å². The first-order chi connectivity index (χ1) is 9.18. The number of carbonyl (C=O) groups excluding carboxylic acids is 1. The lowest BCUT2D eigenvalue weighted by Gasteiger charge is -2.36. The zero-order valence-electron chi connectivity index (χ0n) is 10.5. The highest BCUT2D eigenvalue weighted by molar-refractivity contribution is 6.06. The molecule has 1 aromatic carbocycles. The van der Waals surface area contributed by atoms with Crippen molar-refractivity contribution in [1.82, 2.24) is 4.98 Å². The predicted octanol–water partition coefficient (Wildman–Crippen LogP) is 1.67. The Balaban J connectivity index is 1.98. The first-order valence-corrected chi connectivity index (χ1v) is 6.01. The first kappa shape index (κ1) is 11.8. The fraction of sp³-hybridized carbons (Fsp3) is 0.286. The van der Waals surface area contributed by atoms with Crippen molar-refractivity contribution in [2.45, 2.75) is 0 Å². The molecule has 1 aromatic heterocycles. The van der Waals surface area contributed by atoms with E-state index in [-0.39, 0.29) is 19.1 Å². The molecule has 19 heavy (non-hydrogen) atoms. The van der Waals surface area contributed by atoms with Gasteiger partial charge in [-0.05, 0) is 6.07 Å². The molecule has 0 unspecified atom stereocenters. The van der Waals surface area contributed by atoms with Crippen LogP contribution in [0.25, 0.3) is 10.9 Å². The Morgan fingerprint density at radius 3 is 2.84 bits per heavy atom. The Kier molecular flexibility index (Phi) is 2.54. The molecular weight excluding hydrogens is 242 g/mol. The van der Waals surface area contributed by atoms with Crippen LogP contribution in [0.5, 0.6) is 0 Å². The Hall–Kier alpha value is -2.32. The van der Waals surface area contributed by atoms with Crippen LogP contribution in [0.15, 0.2) is 30.5 Å². The van der Waals surface area contributed by atoms with Gasteiger partial charge in [0.2, 0.25) is 0 Å². The number of aromatic nitrogens is 1. The van der Waals surface area contributed by atoms with Crippen LogP contribution in [0.1, 0.15) is 0 Å². The Labute approximate surface area is 110 Å². The molecule has 1 aliphatic heterocycles. The van der Waals surface area contributed by atoms with E-state index in [9.17, 15) is 10.1 Å². The maximum atomic E-state index is 12.4. The summed E-state index contributed by atoms with van der Waals surface area (Å²) in [5.41, 5.74) is 0.725. The molecule has 2 aromatic rings. The number of benzene rings is 1. The molecule has 1 aliphatic rings. The van der Waals surface area contributed by atoms with Crippen molar-refractivity contribution in [1.29, 1.82) is 5.26 Å². The van der Waals surface area contributed by atoms with Crippen LogP contribution in [-0.4, -0.2) is 31.2 Å². The van der Waals surface area contributed by atoms with E-state index in [4.69, 9.17) is 4.74 Å². The first-order valence-electron chi connectivity index (χ1n) is 6.01. The Bertz CT molecular complexity index is 679. The average Bonchev–Trinajstić information content (AvgIpc) is 2.81. The van der Waals surface area contributed by atoms with Crippen LogP contribution < -0.4 is 4.90 Å². The number of amides is 1. The minimum atomic E-state index is -1.02. The van der Waals surface area contributed by atoms with Gasteiger partial charge >= 0.3 is 0 Å². The number of hydrogen-bond acceptors (Lipinski definition) is 3. The quantitative estimate of drug-likeness (QED) is 0.887. The molecule has 0 aliphatic carbocycles. The van der Waals surface area contributed by atoms with Gasteiger partial charge in [0, 0.05) is 24.1 Å². The van der Waals surface area contributed by atoms with E-state index in [0.717, 1.165) is 16.6 Å². The number of carbonyl (C=O) groups is 1. The van der Waals surface area contributed by atoms with Gasteiger partial charge in [-0.3, -0.25) is 4.79 Å². The molecule has 0 atom stereocenters. The van der Waals surface area contributed by atoms with Crippen molar-refractivity contribution >= 4 is 22.5 Å². The van der Waals surface area contributed by atoms with Gasteiger partial charge in [0.25, 0.3) is 5.91 Å². The van der Waals surface area contributed by atoms with Crippen LogP contribution in [0, 0.1) is 16.7 Å². The van der Waals surface area contributed by atoms with E-state index >= 15 is 0 Å². The molecule has 0 bridgehead atoms. The number of ether oxygens (including phenoxy) is 1. The molecule has 1 N–H and O–H groups in total. The summed E-state index contributed by atoms with van der Waals surface area (Å²) >= 11 is 0. The number of anilines is 1. The monoisotopic (exact) mass is 255 g/mol. The summed E-state index contributed by atoms with van der Waals surface area (Å²) in [5.74, 6) is -0.217. The topological polar surface area (TPSA) is 69.1 Å². The van der Waals surface area contributed by atoms with Crippen LogP contribution in [-0.2, 0) is 9.53 Å². The lowest BCUT2D eigenvalue weighted by atomic mass is 9.86. The molecule has 0 spiro atoms. The summed E-state index contributed by atoms with van der Waals surface area (Å²) in [6, 6.07) is 9.83. The highest BCUT2D eigenvalue weighted by Gasteiger charge is 2.48. The standard InChI is InChI=1S/C14H13N3O2/c1-17(13(18)14(7-15)8-19-9-14)12-6-16-11-5-3-2-4-10(11)12/h2-6,16H,8-9H2,1H3. The predicted molar refractivity (Wildman–Crippen MR) is 70.6 cm³/mol.